The summed E-state index contributed by atoms with van der Waals surface area (Å²) in [7, 11) is 0. The number of nitrogens with zero attached hydrogens (tertiary/aromatic N) is 1. The molecule has 192 valence electrons. The van der Waals surface area contributed by atoms with Gasteiger partial charge in [0, 0.05) is 11.9 Å². The Morgan fingerprint density at radius 2 is 1.79 bits per heavy atom. The van der Waals surface area contributed by atoms with Gasteiger partial charge in [-0.2, -0.15) is 0 Å². The maximum absolute atomic E-state index is 13.6. The quantitative estimate of drug-likeness (QED) is 0.368. The molecule has 38 heavy (non-hydrogen) atoms. The average molecular weight is 516 g/mol. The third-order valence-electron chi connectivity index (χ3n) is 6.23. The zero-order valence-electron chi connectivity index (χ0n) is 20.1. The summed E-state index contributed by atoms with van der Waals surface area (Å²) in [5.41, 5.74) is 2.07. The highest BCUT2D eigenvalue weighted by molar-refractivity contribution is 5.99. The molecule has 4 aromatic rings. The largest absolute Gasteiger partial charge is 0.491 e. The molecule has 1 aromatic heterocycles. The normalized spacial score (nSPS) is 12.9. The summed E-state index contributed by atoms with van der Waals surface area (Å²) >= 11 is 0. The van der Waals surface area contributed by atoms with Gasteiger partial charge in [-0.3, -0.25) is 14.4 Å². The van der Waals surface area contributed by atoms with Crippen LogP contribution in [0.2, 0.25) is 0 Å². The smallest absolute Gasteiger partial charge is 0.263 e. The third-order valence-corrected chi connectivity index (χ3v) is 6.23. The standard InChI is InChI=1S/C29H23F2N3O4/c30-23-10-8-18(13-24(23)31)16-34-12-4-7-22(29(34)37)28(36)33-26(19-5-2-1-3-6-19)17-38-21-9-11-25-20(14-21)15-27(35)32-25/h1-14,26H,15-17H2,(H,32,35)(H,33,36)/t26-/m0/s1. The fraction of sp³-hybridized carbons (Fsp3) is 0.138. The molecule has 0 saturated heterocycles. The highest BCUT2D eigenvalue weighted by atomic mass is 19.2. The molecule has 2 amide bonds. The van der Waals surface area contributed by atoms with E-state index in [1.165, 1.54) is 22.9 Å². The molecule has 7 nitrogen and oxygen atoms in total. The lowest BCUT2D eigenvalue weighted by Gasteiger charge is -2.20. The number of nitrogens with one attached hydrogen (secondary N) is 2. The van der Waals surface area contributed by atoms with Crippen molar-refractivity contribution >= 4 is 17.5 Å². The van der Waals surface area contributed by atoms with E-state index in [1.807, 2.05) is 30.3 Å². The van der Waals surface area contributed by atoms with Crippen LogP contribution in [-0.4, -0.2) is 23.0 Å². The molecular weight excluding hydrogens is 492 g/mol. The molecule has 3 aromatic carbocycles. The Labute approximate surface area is 216 Å². The van der Waals surface area contributed by atoms with Crippen molar-refractivity contribution in [3.63, 3.8) is 0 Å². The Morgan fingerprint density at radius 3 is 2.58 bits per heavy atom. The van der Waals surface area contributed by atoms with Gasteiger partial charge in [0.15, 0.2) is 11.6 Å². The number of hydrogen-bond donors (Lipinski definition) is 2. The zero-order valence-corrected chi connectivity index (χ0v) is 20.1. The van der Waals surface area contributed by atoms with Crippen LogP contribution in [0.1, 0.15) is 33.1 Å². The molecule has 1 aliphatic rings. The van der Waals surface area contributed by atoms with Gasteiger partial charge in [0.05, 0.1) is 19.0 Å². The van der Waals surface area contributed by atoms with E-state index in [0.717, 1.165) is 28.9 Å². The number of rotatable bonds is 8. The number of ether oxygens (including phenoxy) is 1. The molecule has 9 heteroatoms. The first kappa shape index (κ1) is 24.9. The number of fused-ring (bicyclic) bond motifs is 1. The van der Waals surface area contributed by atoms with Crippen LogP contribution in [0.25, 0.3) is 0 Å². The Balaban J connectivity index is 1.34. The summed E-state index contributed by atoms with van der Waals surface area (Å²) in [4.78, 5) is 37.9. The maximum Gasteiger partial charge on any atom is 0.263 e. The Kier molecular flexibility index (Phi) is 6.99. The zero-order chi connectivity index (χ0) is 26.6. The van der Waals surface area contributed by atoms with Crippen molar-refractivity contribution < 1.29 is 23.1 Å². The van der Waals surface area contributed by atoms with Crippen LogP contribution in [0.5, 0.6) is 5.75 Å². The van der Waals surface area contributed by atoms with E-state index < -0.39 is 29.1 Å². The average Bonchev–Trinajstić information content (AvgIpc) is 3.29. The van der Waals surface area contributed by atoms with E-state index in [2.05, 4.69) is 10.6 Å². The van der Waals surface area contributed by atoms with Crippen LogP contribution in [-0.2, 0) is 17.8 Å². The van der Waals surface area contributed by atoms with Crippen LogP contribution in [0.3, 0.4) is 0 Å². The minimum Gasteiger partial charge on any atom is -0.491 e. The second kappa shape index (κ2) is 10.7. The molecule has 0 fully saturated rings. The number of aromatic nitrogens is 1. The van der Waals surface area contributed by atoms with E-state index in [1.54, 1.807) is 24.3 Å². The predicted octanol–water partition coefficient (Wildman–Crippen LogP) is 4.22. The highest BCUT2D eigenvalue weighted by Gasteiger charge is 2.21. The summed E-state index contributed by atoms with van der Waals surface area (Å²) in [6, 6.07) is 20.2. The summed E-state index contributed by atoms with van der Waals surface area (Å²) in [5.74, 6) is -2.13. The summed E-state index contributed by atoms with van der Waals surface area (Å²) in [5, 5.41) is 5.65. The Hall–Kier alpha value is -4.79. The number of carbonyl (C=O) groups excluding carboxylic acids is 2. The third kappa shape index (κ3) is 5.46. The van der Waals surface area contributed by atoms with Crippen LogP contribution >= 0.6 is 0 Å². The van der Waals surface area contributed by atoms with Gasteiger partial charge in [0.25, 0.3) is 11.5 Å². The minimum atomic E-state index is -1.01. The predicted molar refractivity (Wildman–Crippen MR) is 137 cm³/mol. The lowest BCUT2D eigenvalue weighted by molar-refractivity contribution is -0.115. The van der Waals surface area contributed by atoms with Crippen molar-refractivity contribution in [3.05, 3.63) is 129 Å². The summed E-state index contributed by atoms with van der Waals surface area (Å²) in [6.07, 6.45) is 1.75. The summed E-state index contributed by atoms with van der Waals surface area (Å²) in [6.45, 7) is 0.0455. The number of halogens is 2. The molecule has 0 radical (unpaired) electrons. The highest BCUT2D eigenvalue weighted by Crippen LogP contribution is 2.28. The molecule has 0 bridgehead atoms. The van der Waals surface area contributed by atoms with Gasteiger partial charge in [-0.05, 0) is 59.2 Å². The topological polar surface area (TPSA) is 89.4 Å². The molecule has 5 rings (SSSR count). The molecule has 1 atom stereocenters. The first-order valence-electron chi connectivity index (χ1n) is 11.9. The van der Waals surface area contributed by atoms with Gasteiger partial charge in [-0.15, -0.1) is 0 Å². The van der Waals surface area contributed by atoms with Gasteiger partial charge in [0.1, 0.15) is 17.9 Å². The first-order valence-corrected chi connectivity index (χ1v) is 11.9. The second-order valence-corrected chi connectivity index (χ2v) is 8.90. The van der Waals surface area contributed by atoms with Crippen molar-refractivity contribution in [2.45, 2.75) is 19.0 Å². The Morgan fingerprint density at radius 1 is 0.974 bits per heavy atom. The minimum absolute atomic E-state index is 0.0297. The van der Waals surface area contributed by atoms with E-state index >= 15 is 0 Å². The van der Waals surface area contributed by atoms with Crippen molar-refractivity contribution in [1.29, 1.82) is 0 Å². The number of carbonyl (C=O) groups is 2. The number of pyridine rings is 1. The number of amides is 2. The molecule has 0 aliphatic carbocycles. The van der Waals surface area contributed by atoms with Gasteiger partial charge in [0.2, 0.25) is 5.91 Å². The fourth-order valence-electron chi connectivity index (χ4n) is 4.29. The van der Waals surface area contributed by atoms with Crippen LogP contribution in [0.4, 0.5) is 14.5 Å². The summed E-state index contributed by atoms with van der Waals surface area (Å²) < 4.78 is 34.1. The van der Waals surface area contributed by atoms with E-state index in [4.69, 9.17) is 4.74 Å². The van der Waals surface area contributed by atoms with Gasteiger partial charge in [-0.1, -0.05) is 36.4 Å². The lowest BCUT2D eigenvalue weighted by Crippen LogP contribution is -2.37. The molecule has 2 N–H and O–H groups in total. The molecule has 0 unspecified atom stereocenters. The van der Waals surface area contributed by atoms with Crippen molar-refractivity contribution in [2.24, 2.45) is 0 Å². The van der Waals surface area contributed by atoms with Crippen LogP contribution in [0.15, 0.2) is 89.9 Å². The molecule has 0 saturated carbocycles. The van der Waals surface area contributed by atoms with Gasteiger partial charge in [-0.25, -0.2) is 8.78 Å². The van der Waals surface area contributed by atoms with Crippen LogP contribution < -0.4 is 20.9 Å². The SMILES string of the molecule is O=C1Cc2cc(OC[C@H](NC(=O)c3cccn(Cc4ccc(F)c(F)c4)c3=O)c3ccccc3)ccc2N1. The maximum atomic E-state index is 13.6. The van der Waals surface area contributed by atoms with Crippen LogP contribution in [0, 0.1) is 11.6 Å². The van der Waals surface area contributed by atoms with Crippen molar-refractivity contribution in [2.75, 3.05) is 11.9 Å². The van der Waals surface area contributed by atoms with Gasteiger partial charge >= 0.3 is 0 Å². The van der Waals surface area contributed by atoms with Gasteiger partial charge < -0.3 is 19.9 Å². The lowest BCUT2D eigenvalue weighted by atomic mass is 10.1. The first-order chi connectivity index (χ1) is 18.4. The second-order valence-electron chi connectivity index (χ2n) is 8.90. The molecule has 0 spiro atoms. The Bertz CT molecular complexity index is 1570. The molecule has 1 aliphatic heterocycles. The van der Waals surface area contributed by atoms with E-state index in [0.29, 0.717) is 11.3 Å². The number of benzene rings is 3. The number of hydrogen-bond acceptors (Lipinski definition) is 4. The fourth-order valence-corrected chi connectivity index (χ4v) is 4.29. The van der Waals surface area contributed by atoms with Crippen molar-refractivity contribution in [1.82, 2.24) is 9.88 Å². The number of anilines is 1. The van der Waals surface area contributed by atoms with E-state index in [-0.39, 0.29) is 31.0 Å². The molecule has 2 heterocycles. The van der Waals surface area contributed by atoms with E-state index in [9.17, 15) is 23.2 Å². The monoisotopic (exact) mass is 515 g/mol. The molecular formula is C29H23F2N3O4. The van der Waals surface area contributed by atoms with Crippen molar-refractivity contribution in [3.8, 4) is 5.75 Å².